The third kappa shape index (κ3) is 3.76. The maximum atomic E-state index is 12.4. The summed E-state index contributed by atoms with van der Waals surface area (Å²) in [6, 6.07) is 5.24. The Balaban J connectivity index is 1.67. The van der Waals surface area contributed by atoms with E-state index in [-0.39, 0.29) is 18.4 Å². The quantitative estimate of drug-likeness (QED) is 0.890. The van der Waals surface area contributed by atoms with Crippen LogP contribution in [0.5, 0.6) is 11.5 Å². The molecule has 1 N–H and O–H groups in total. The van der Waals surface area contributed by atoms with Gasteiger partial charge in [-0.1, -0.05) is 0 Å². The molecule has 1 aromatic carbocycles. The van der Waals surface area contributed by atoms with Crippen molar-refractivity contribution in [1.29, 1.82) is 0 Å². The first-order valence-corrected chi connectivity index (χ1v) is 9.44. The first-order chi connectivity index (χ1) is 10.9. The molecule has 0 spiro atoms. The molecule has 1 atom stereocenters. The number of carbonyl (C=O) groups excluding carboxylic acids is 1. The molecule has 23 heavy (non-hydrogen) atoms. The van der Waals surface area contributed by atoms with E-state index in [0.29, 0.717) is 49.8 Å². The zero-order chi connectivity index (χ0) is 16.4. The predicted octanol–water partition coefficient (Wildman–Crippen LogP) is 1.07. The lowest BCUT2D eigenvalue weighted by atomic mass is 9.98. The summed E-state index contributed by atoms with van der Waals surface area (Å²) in [6.45, 7) is 1.71. The second kappa shape index (κ2) is 6.37. The molecule has 1 amide bonds. The van der Waals surface area contributed by atoms with Gasteiger partial charge in [-0.05, 0) is 25.0 Å². The number of benzene rings is 1. The van der Waals surface area contributed by atoms with Gasteiger partial charge in [-0.25, -0.2) is 12.7 Å². The van der Waals surface area contributed by atoms with Crippen molar-refractivity contribution in [1.82, 2.24) is 4.31 Å². The second-order valence-corrected chi connectivity index (χ2v) is 7.79. The summed E-state index contributed by atoms with van der Waals surface area (Å²) in [5.41, 5.74) is 0.621. The number of nitrogens with one attached hydrogen (secondary N) is 1. The van der Waals surface area contributed by atoms with Crippen molar-refractivity contribution in [2.24, 2.45) is 5.92 Å². The molecule has 0 radical (unpaired) electrons. The molecular weight excluding hydrogens is 320 g/mol. The summed E-state index contributed by atoms with van der Waals surface area (Å²) in [4.78, 5) is 12.4. The first kappa shape index (κ1) is 16.1. The molecule has 8 heteroatoms. The molecule has 1 saturated heterocycles. The average molecular weight is 340 g/mol. The summed E-state index contributed by atoms with van der Waals surface area (Å²) in [5.74, 6) is 0.757. The summed E-state index contributed by atoms with van der Waals surface area (Å²) < 4.78 is 35.6. The monoisotopic (exact) mass is 340 g/mol. The van der Waals surface area contributed by atoms with Crippen LogP contribution in [0, 0.1) is 5.92 Å². The number of piperidine rings is 1. The molecule has 2 heterocycles. The van der Waals surface area contributed by atoms with Crippen molar-refractivity contribution >= 4 is 21.6 Å². The van der Waals surface area contributed by atoms with Gasteiger partial charge in [-0.15, -0.1) is 0 Å². The van der Waals surface area contributed by atoms with Gasteiger partial charge in [0, 0.05) is 24.8 Å². The van der Waals surface area contributed by atoms with E-state index in [4.69, 9.17) is 9.47 Å². The van der Waals surface area contributed by atoms with E-state index in [1.807, 2.05) is 0 Å². The molecular formula is C15H20N2O5S. The Bertz CT molecular complexity index is 704. The van der Waals surface area contributed by atoms with Crippen LogP contribution in [0.25, 0.3) is 0 Å². The summed E-state index contributed by atoms with van der Waals surface area (Å²) in [5, 5.41) is 2.84. The van der Waals surface area contributed by atoms with Crippen LogP contribution in [-0.2, 0) is 14.8 Å². The Labute approximate surface area is 135 Å². The van der Waals surface area contributed by atoms with Crippen LogP contribution < -0.4 is 14.8 Å². The maximum Gasteiger partial charge on any atom is 0.228 e. The van der Waals surface area contributed by atoms with Crippen LogP contribution in [0.15, 0.2) is 18.2 Å². The molecule has 0 bridgehead atoms. The van der Waals surface area contributed by atoms with E-state index in [1.54, 1.807) is 18.2 Å². The van der Waals surface area contributed by atoms with E-state index in [1.165, 1.54) is 10.6 Å². The van der Waals surface area contributed by atoms with Gasteiger partial charge in [-0.2, -0.15) is 0 Å². The van der Waals surface area contributed by atoms with E-state index in [2.05, 4.69) is 5.32 Å². The van der Waals surface area contributed by atoms with Crippen molar-refractivity contribution < 1.29 is 22.7 Å². The molecule has 0 aliphatic carbocycles. The molecule has 2 aliphatic heterocycles. The number of amides is 1. The molecule has 2 aliphatic rings. The lowest BCUT2D eigenvalue weighted by Gasteiger charge is -2.30. The van der Waals surface area contributed by atoms with Gasteiger partial charge in [0.2, 0.25) is 15.9 Å². The number of sulfonamides is 1. The number of rotatable bonds is 3. The van der Waals surface area contributed by atoms with Crippen molar-refractivity contribution in [3.05, 3.63) is 18.2 Å². The number of hydrogen-bond acceptors (Lipinski definition) is 5. The van der Waals surface area contributed by atoms with Crippen LogP contribution in [0.4, 0.5) is 5.69 Å². The minimum absolute atomic E-state index is 0.171. The fraction of sp³-hybridized carbons (Fsp3) is 0.533. The number of nitrogens with zero attached hydrogens (tertiary/aromatic N) is 1. The molecule has 0 saturated carbocycles. The van der Waals surface area contributed by atoms with Crippen LogP contribution in [-0.4, -0.2) is 51.2 Å². The molecule has 0 aromatic heterocycles. The molecule has 1 aromatic rings. The highest BCUT2D eigenvalue weighted by molar-refractivity contribution is 7.88. The maximum absolute atomic E-state index is 12.4. The van der Waals surface area contributed by atoms with Crippen LogP contribution in [0.3, 0.4) is 0 Å². The summed E-state index contributed by atoms with van der Waals surface area (Å²) >= 11 is 0. The second-order valence-electron chi connectivity index (χ2n) is 5.81. The summed E-state index contributed by atoms with van der Waals surface area (Å²) in [6.07, 6.45) is 2.54. The van der Waals surface area contributed by atoms with Crippen LogP contribution in [0.2, 0.25) is 0 Å². The Hall–Kier alpha value is -1.80. The topological polar surface area (TPSA) is 84.9 Å². The average Bonchev–Trinajstić information content (AvgIpc) is 2.54. The van der Waals surface area contributed by atoms with E-state index < -0.39 is 10.0 Å². The predicted molar refractivity (Wildman–Crippen MR) is 85.2 cm³/mol. The Morgan fingerprint density at radius 3 is 2.74 bits per heavy atom. The highest BCUT2D eigenvalue weighted by atomic mass is 32.2. The first-order valence-electron chi connectivity index (χ1n) is 7.59. The fourth-order valence-corrected chi connectivity index (χ4v) is 3.73. The van der Waals surface area contributed by atoms with Gasteiger partial charge >= 0.3 is 0 Å². The van der Waals surface area contributed by atoms with E-state index in [9.17, 15) is 13.2 Å². The van der Waals surface area contributed by atoms with Crippen molar-refractivity contribution in [3.8, 4) is 11.5 Å². The van der Waals surface area contributed by atoms with Gasteiger partial charge < -0.3 is 14.8 Å². The third-order valence-corrected chi connectivity index (χ3v) is 5.30. The summed E-state index contributed by atoms with van der Waals surface area (Å²) in [7, 11) is -3.26. The molecule has 0 unspecified atom stereocenters. The molecule has 1 fully saturated rings. The van der Waals surface area contributed by atoms with Gasteiger partial charge in [0.15, 0.2) is 11.5 Å². The number of fused-ring (bicyclic) bond motifs is 1. The number of ether oxygens (including phenoxy) is 2. The smallest absolute Gasteiger partial charge is 0.228 e. The van der Waals surface area contributed by atoms with E-state index >= 15 is 0 Å². The Kier molecular flexibility index (Phi) is 4.45. The zero-order valence-corrected chi connectivity index (χ0v) is 13.8. The van der Waals surface area contributed by atoms with Gasteiger partial charge in [0.1, 0.15) is 13.2 Å². The van der Waals surface area contributed by atoms with Crippen molar-refractivity contribution in [3.63, 3.8) is 0 Å². The highest BCUT2D eigenvalue weighted by Gasteiger charge is 2.30. The lowest BCUT2D eigenvalue weighted by molar-refractivity contribution is -0.120. The fourth-order valence-electron chi connectivity index (χ4n) is 2.82. The van der Waals surface area contributed by atoms with E-state index in [0.717, 1.165) is 0 Å². The van der Waals surface area contributed by atoms with Gasteiger partial charge in [0.25, 0.3) is 0 Å². The minimum atomic E-state index is -3.26. The van der Waals surface area contributed by atoms with Crippen molar-refractivity contribution in [2.45, 2.75) is 12.8 Å². The molecule has 7 nitrogen and oxygen atoms in total. The number of carbonyl (C=O) groups is 1. The largest absolute Gasteiger partial charge is 0.486 e. The highest BCUT2D eigenvalue weighted by Crippen LogP contribution is 2.33. The Morgan fingerprint density at radius 2 is 2.00 bits per heavy atom. The Morgan fingerprint density at radius 1 is 1.26 bits per heavy atom. The normalized spacial score (nSPS) is 21.7. The van der Waals surface area contributed by atoms with Crippen LogP contribution in [0.1, 0.15) is 12.8 Å². The lowest BCUT2D eigenvalue weighted by Crippen LogP contribution is -2.43. The number of hydrogen-bond donors (Lipinski definition) is 1. The third-order valence-electron chi connectivity index (χ3n) is 4.03. The van der Waals surface area contributed by atoms with Crippen LogP contribution >= 0.6 is 0 Å². The SMILES string of the molecule is CS(=O)(=O)N1CCC[C@H](C(=O)Nc2ccc3c(c2)OCCO3)C1. The standard InChI is InChI=1S/C15H20N2O5S/c1-23(19,20)17-6-2-3-11(10-17)15(18)16-12-4-5-13-14(9-12)22-8-7-21-13/h4-5,9,11H,2-3,6-8,10H2,1H3,(H,16,18)/t11-/m0/s1. The molecule has 126 valence electrons. The minimum Gasteiger partial charge on any atom is -0.486 e. The van der Waals surface area contributed by atoms with Crippen molar-refractivity contribution in [2.75, 3.05) is 37.9 Å². The molecule has 3 rings (SSSR count). The zero-order valence-electron chi connectivity index (χ0n) is 12.9. The van der Waals surface area contributed by atoms with Gasteiger partial charge in [0.05, 0.1) is 12.2 Å². The van der Waals surface area contributed by atoms with Gasteiger partial charge in [-0.3, -0.25) is 4.79 Å². The number of anilines is 1.